The average molecular weight is 248 g/mol. The predicted molar refractivity (Wildman–Crippen MR) is 67.9 cm³/mol. The van der Waals surface area contributed by atoms with Gasteiger partial charge in [-0.2, -0.15) is 0 Å². The Bertz CT molecular complexity index is 417. The Morgan fingerprint density at radius 1 is 1.67 bits per heavy atom. The number of carbonyl (C=O) groups excluding carboxylic acids is 1. The maximum Gasteiger partial charge on any atom is 0.224 e. The Kier molecular flexibility index (Phi) is 3.07. The monoisotopic (exact) mass is 248 g/mol. The third-order valence-electron chi connectivity index (χ3n) is 4.15. The smallest absolute Gasteiger partial charge is 0.224 e. The highest BCUT2D eigenvalue weighted by Gasteiger charge is 2.42. The highest BCUT2D eigenvalue weighted by atomic mass is 16.2. The molecule has 5 nitrogen and oxygen atoms in total. The quantitative estimate of drug-likeness (QED) is 0.842. The molecule has 2 N–H and O–H groups in total. The lowest BCUT2D eigenvalue weighted by molar-refractivity contribution is -0.127. The fourth-order valence-corrected chi connectivity index (χ4v) is 3.25. The number of fused-ring (bicyclic) bond motifs is 1. The van der Waals surface area contributed by atoms with Crippen LogP contribution in [0.4, 0.5) is 0 Å². The first-order valence-corrected chi connectivity index (χ1v) is 6.84. The van der Waals surface area contributed by atoms with E-state index >= 15 is 0 Å². The fraction of sp³-hybridized carbons (Fsp3) is 0.692. The average Bonchev–Trinajstić information content (AvgIpc) is 3.05. The first-order valence-electron chi connectivity index (χ1n) is 6.84. The van der Waals surface area contributed by atoms with Crippen molar-refractivity contribution < 1.29 is 4.79 Å². The summed E-state index contributed by atoms with van der Waals surface area (Å²) in [5, 5.41) is 3.61. The van der Waals surface area contributed by atoms with Crippen molar-refractivity contribution in [2.45, 2.75) is 50.7 Å². The molecule has 1 aromatic rings. The molecule has 0 aromatic carbocycles. The number of amides is 1. The molecule has 2 saturated heterocycles. The molecular formula is C13H20N4O. The second-order valence-electron chi connectivity index (χ2n) is 5.21. The van der Waals surface area contributed by atoms with Gasteiger partial charge in [0, 0.05) is 37.4 Å². The van der Waals surface area contributed by atoms with Crippen molar-refractivity contribution in [1.29, 1.82) is 0 Å². The molecule has 1 amide bonds. The van der Waals surface area contributed by atoms with E-state index in [0.29, 0.717) is 18.4 Å². The summed E-state index contributed by atoms with van der Waals surface area (Å²) >= 11 is 0. The zero-order valence-electron chi connectivity index (χ0n) is 10.7. The van der Waals surface area contributed by atoms with Gasteiger partial charge < -0.3 is 15.2 Å². The molecule has 0 spiro atoms. The third kappa shape index (κ3) is 1.92. The van der Waals surface area contributed by atoms with Crippen LogP contribution in [-0.4, -0.2) is 39.4 Å². The molecule has 0 aliphatic carbocycles. The van der Waals surface area contributed by atoms with Gasteiger partial charge in [0.1, 0.15) is 5.82 Å². The minimum absolute atomic E-state index is 0.221. The van der Waals surface area contributed by atoms with E-state index in [1.807, 2.05) is 11.1 Å². The van der Waals surface area contributed by atoms with Crippen molar-refractivity contribution >= 4 is 5.91 Å². The molecule has 18 heavy (non-hydrogen) atoms. The van der Waals surface area contributed by atoms with Crippen molar-refractivity contribution in [1.82, 2.24) is 20.2 Å². The molecule has 1 aromatic heterocycles. The molecule has 3 unspecified atom stereocenters. The maximum absolute atomic E-state index is 11.9. The van der Waals surface area contributed by atoms with Crippen LogP contribution in [0, 0.1) is 0 Å². The van der Waals surface area contributed by atoms with Crippen molar-refractivity contribution in [3.05, 3.63) is 18.2 Å². The number of hydrogen-bond donors (Lipinski definition) is 2. The van der Waals surface area contributed by atoms with Gasteiger partial charge in [0.2, 0.25) is 5.91 Å². The first-order chi connectivity index (χ1) is 8.79. The van der Waals surface area contributed by atoms with Crippen LogP contribution < -0.4 is 5.32 Å². The maximum atomic E-state index is 11.9. The van der Waals surface area contributed by atoms with E-state index in [2.05, 4.69) is 22.2 Å². The lowest BCUT2D eigenvalue weighted by Gasteiger charge is -2.25. The number of nitrogens with one attached hydrogen (secondary N) is 2. The molecule has 2 aliphatic rings. The summed E-state index contributed by atoms with van der Waals surface area (Å²) < 4.78 is 0. The molecule has 0 bridgehead atoms. The Hall–Kier alpha value is -1.36. The Balaban J connectivity index is 1.70. The van der Waals surface area contributed by atoms with Crippen molar-refractivity contribution in [2.24, 2.45) is 0 Å². The van der Waals surface area contributed by atoms with E-state index in [4.69, 9.17) is 0 Å². The standard InChI is InChI=1S/C13H20N4O/c1-2-9(13-14-5-6-15-13)16-10-8-12(18)17-7-3-4-11(10)17/h5-6,9-11,16H,2-4,7-8H2,1H3,(H,14,15). The molecule has 3 atom stereocenters. The molecule has 0 saturated carbocycles. The van der Waals surface area contributed by atoms with E-state index in [1.54, 1.807) is 6.20 Å². The molecule has 3 heterocycles. The zero-order chi connectivity index (χ0) is 12.5. The van der Waals surface area contributed by atoms with Crippen LogP contribution in [0.3, 0.4) is 0 Å². The molecule has 5 heteroatoms. The van der Waals surface area contributed by atoms with Crippen LogP contribution in [0.2, 0.25) is 0 Å². The minimum atomic E-state index is 0.221. The predicted octanol–water partition coefficient (Wildman–Crippen LogP) is 1.21. The van der Waals surface area contributed by atoms with Crippen molar-refractivity contribution in [3.63, 3.8) is 0 Å². The number of rotatable bonds is 4. The zero-order valence-corrected chi connectivity index (χ0v) is 10.7. The highest BCUT2D eigenvalue weighted by Crippen LogP contribution is 2.30. The largest absolute Gasteiger partial charge is 0.347 e. The van der Waals surface area contributed by atoms with Crippen LogP contribution in [-0.2, 0) is 4.79 Å². The number of carbonyl (C=O) groups is 1. The second kappa shape index (κ2) is 4.72. The first kappa shape index (κ1) is 11.7. The van der Waals surface area contributed by atoms with Crippen LogP contribution in [0.1, 0.15) is 44.5 Å². The summed E-state index contributed by atoms with van der Waals surface area (Å²) in [6.07, 6.45) is 7.53. The van der Waals surface area contributed by atoms with Gasteiger partial charge in [0.25, 0.3) is 0 Å². The SMILES string of the molecule is CCC(NC1CC(=O)N2CCCC12)c1ncc[nH]1. The summed E-state index contributed by atoms with van der Waals surface area (Å²) in [7, 11) is 0. The van der Waals surface area contributed by atoms with Crippen LogP contribution in [0.5, 0.6) is 0 Å². The highest BCUT2D eigenvalue weighted by molar-refractivity contribution is 5.80. The van der Waals surface area contributed by atoms with Crippen molar-refractivity contribution in [3.8, 4) is 0 Å². The van der Waals surface area contributed by atoms with E-state index in [-0.39, 0.29) is 12.1 Å². The van der Waals surface area contributed by atoms with Gasteiger partial charge in [0.05, 0.1) is 6.04 Å². The van der Waals surface area contributed by atoms with Gasteiger partial charge in [-0.25, -0.2) is 4.98 Å². The normalized spacial score (nSPS) is 28.7. The fourth-order valence-electron chi connectivity index (χ4n) is 3.25. The van der Waals surface area contributed by atoms with Crippen LogP contribution in [0.15, 0.2) is 12.4 Å². The number of H-pyrrole nitrogens is 1. The molecule has 2 fully saturated rings. The Morgan fingerprint density at radius 2 is 2.56 bits per heavy atom. The Morgan fingerprint density at radius 3 is 3.28 bits per heavy atom. The van der Waals surface area contributed by atoms with Crippen LogP contribution >= 0.6 is 0 Å². The lowest BCUT2D eigenvalue weighted by Crippen LogP contribution is -2.41. The number of hydrogen-bond acceptors (Lipinski definition) is 3. The van der Waals surface area contributed by atoms with E-state index in [1.165, 1.54) is 0 Å². The van der Waals surface area contributed by atoms with Crippen molar-refractivity contribution in [2.75, 3.05) is 6.54 Å². The summed E-state index contributed by atoms with van der Waals surface area (Å²) in [4.78, 5) is 21.4. The molecule has 2 aliphatic heterocycles. The van der Waals surface area contributed by atoms with Gasteiger partial charge in [-0.1, -0.05) is 6.92 Å². The van der Waals surface area contributed by atoms with Crippen LogP contribution in [0.25, 0.3) is 0 Å². The number of imidazole rings is 1. The summed E-state index contributed by atoms with van der Waals surface area (Å²) in [5.74, 6) is 1.28. The Labute approximate surface area is 107 Å². The van der Waals surface area contributed by atoms with Gasteiger partial charge >= 0.3 is 0 Å². The van der Waals surface area contributed by atoms with E-state index in [0.717, 1.165) is 31.6 Å². The van der Waals surface area contributed by atoms with Gasteiger partial charge in [-0.15, -0.1) is 0 Å². The number of nitrogens with zero attached hydrogens (tertiary/aromatic N) is 2. The number of aromatic nitrogens is 2. The van der Waals surface area contributed by atoms with Gasteiger partial charge in [-0.3, -0.25) is 4.79 Å². The summed E-state index contributed by atoms with van der Waals surface area (Å²) in [5.41, 5.74) is 0. The van der Waals surface area contributed by atoms with E-state index < -0.39 is 0 Å². The second-order valence-corrected chi connectivity index (χ2v) is 5.21. The lowest BCUT2D eigenvalue weighted by atomic mass is 10.0. The molecule has 3 rings (SSSR count). The molecular weight excluding hydrogens is 228 g/mol. The summed E-state index contributed by atoms with van der Waals surface area (Å²) in [6.45, 7) is 3.09. The minimum Gasteiger partial charge on any atom is -0.347 e. The topological polar surface area (TPSA) is 61.0 Å². The third-order valence-corrected chi connectivity index (χ3v) is 4.15. The summed E-state index contributed by atoms with van der Waals surface area (Å²) in [6, 6.07) is 0.912. The molecule has 98 valence electrons. The molecule has 0 radical (unpaired) electrons. The number of aromatic amines is 1. The van der Waals surface area contributed by atoms with Gasteiger partial charge in [0.15, 0.2) is 0 Å². The van der Waals surface area contributed by atoms with Gasteiger partial charge in [-0.05, 0) is 19.3 Å². The van der Waals surface area contributed by atoms with E-state index in [9.17, 15) is 4.79 Å².